The monoisotopic (exact) mass is 325 g/mol. The average Bonchev–Trinajstić information content (AvgIpc) is 2.33. The van der Waals surface area contributed by atoms with Crippen molar-refractivity contribution in [1.82, 2.24) is 0 Å². The summed E-state index contributed by atoms with van der Waals surface area (Å²) in [6.45, 7) is 1.83. The molecule has 2 aromatic carbocycles. The van der Waals surface area contributed by atoms with Crippen molar-refractivity contribution < 1.29 is 13.6 Å². The Morgan fingerprint density at radius 1 is 1.16 bits per heavy atom. The van der Waals surface area contributed by atoms with E-state index in [0.717, 1.165) is 17.7 Å². The van der Waals surface area contributed by atoms with Gasteiger partial charge < -0.3 is 5.32 Å². The molecule has 0 unspecified atom stereocenters. The van der Waals surface area contributed by atoms with Crippen LogP contribution < -0.4 is 5.32 Å². The van der Waals surface area contributed by atoms with E-state index in [9.17, 15) is 13.6 Å². The van der Waals surface area contributed by atoms with Crippen LogP contribution in [0.15, 0.2) is 40.9 Å². The summed E-state index contributed by atoms with van der Waals surface area (Å²) in [5.41, 5.74) is 0.792. The van der Waals surface area contributed by atoms with Crippen molar-refractivity contribution >= 4 is 27.5 Å². The largest absolute Gasteiger partial charge is 0.317 e. The topological polar surface area (TPSA) is 29.1 Å². The van der Waals surface area contributed by atoms with Crippen molar-refractivity contribution in [1.29, 1.82) is 0 Å². The number of hydrogen-bond donors (Lipinski definition) is 1. The van der Waals surface area contributed by atoms with E-state index in [1.165, 1.54) is 0 Å². The van der Waals surface area contributed by atoms with Crippen molar-refractivity contribution in [3.05, 3.63) is 63.6 Å². The molecule has 98 valence electrons. The predicted molar refractivity (Wildman–Crippen MR) is 73.2 cm³/mol. The molecule has 0 fully saturated rings. The van der Waals surface area contributed by atoms with Gasteiger partial charge in [-0.25, -0.2) is 8.78 Å². The van der Waals surface area contributed by atoms with Gasteiger partial charge in [0.15, 0.2) is 11.6 Å². The molecule has 0 aliphatic carbocycles. The fourth-order valence-electron chi connectivity index (χ4n) is 1.63. The maximum absolute atomic E-state index is 13.6. The summed E-state index contributed by atoms with van der Waals surface area (Å²) in [7, 11) is 0. The lowest BCUT2D eigenvalue weighted by Gasteiger charge is -2.08. The first-order valence-corrected chi connectivity index (χ1v) is 6.29. The van der Waals surface area contributed by atoms with Crippen LogP contribution in [0.1, 0.15) is 15.9 Å². The maximum atomic E-state index is 13.6. The molecule has 0 aliphatic heterocycles. The van der Waals surface area contributed by atoms with Crippen molar-refractivity contribution in [3.63, 3.8) is 0 Å². The summed E-state index contributed by atoms with van der Waals surface area (Å²) in [6.07, 6.45) is 0. The number of rotatable bonds is 2. The Balaban J connectivity index is 2.29. The van der Waals surface area contributed by atoms with E-state index >= 15 is 0 Å². The van der Waals surface area contributed by atoms with Gasteiger partial charge in [0.25, 0.3) is 5.91 Å². The highest BCUT2D eigenvalue weighted by Crippen LogP contribution is 2.24. The van der Waals surface area contributed by atoms with Gasteiger partial charge >= 0.3 is 0 Å². The average molecular weight is 326 g/mol. The number of nitrogens with one attached hydrogen (secondary N) is 1. The van der Waals surface area contributed by atoms with Crippen LogP contribution in [0, 0.1) is 18.6 Å². The molecule has 0 aliphatic rings. The fraction of sp³-hybridized carbons (Fsp3) is 0.0714. The van der Waals surface area contributed by atoms with Crippen molar-refractivity contribution in [3.8, 4) is 0 Å². The minimum Gasteiger partial charge on any atom is -0.317 e. The number of aryl methyl sites for hydroxylation is 1. The Morgan fingerprint density at radius 3 is 2.37 bits per heavy atom. The Morgan fingerprint density at radius 2 is 1.79 bits per heavy atom. The SMILES string of the molecule is Cc1cccc(C(=O)Nc2c(F)cc(Br)cc2F)c1. The molecule has 19 heavy (non-hydrogen) atoms. The quantitative estimate of drug-likeness (QED) is 0.876. The zero-order valence-corrected chi connectivity index (χ0v) is 11.6. The second-order valence-corrected chi connectivity index (χ2v) is 4.98. The summed E-state index contributed by atoms with van der Waals surface area (Å²) in [6, 6.07) is 8.95. The van der Waals surface area contributed by atoms with Crippen LogP contribution >= 0.6 is 15.9 Å². The van der Waals surface area contributed by atoms with Crippen LogP contribution in [0.5, 0.6) is 0 Å². The summed E-state index contributed by atoms with van der Waals surface area (Å²) in [4.78, 5) is 11.9. The highest BCUT2D eigenvalue weighted by molar-refractivity contribution is 9.10. The molecule has 0 saturated carbocycles. The second kappa shape index (κ2) is 5.48. The molecule has 0 radical (unpaired) electrons. The number of carbonyl (C=O) groups excluding carboxylic acids is 1. The second-order valence-electron chi connectivity index (χ2n) is 4.07. The first-order valence-electron chi connectivity index (χ1n) is 5.50. The zero-order valence-electron chi connectivity index (χ0n) is 10.0. The zero-order chi connectivity index (χ0) is 14.0. The van der Waals surface area contributed by atoms with Gasteiger partial charge in [0.2, 0.25) is 0 Å². The molecule has 0 bridgehead atoms. The van der Waals surface area contributed by atoms with Crippen LogP contribution in [0.25, 0.3) is 0 Å². The highest BCUT2D eigenvalue weighted by atomic mass is 79.9. The standard InChI is InChI=1S/C14H10BrF2NO/c1-8-3-2-4-9(5-8)14(19)18-13-11(16)6-10(15)7-12(13)17/h2-7H,1H3,(H,18,19). The molecule has 2 rings (SSSR count). The third-order valence-corrected chi connectivity index (χ3v) is 2.98. The van der Waals surface area contributed by atoms with Gasteiger partial charge in [0.05, 0.1) is 0 Å². The number of halogens is 3. The summed E-state index contributed by atoms with van der Waals surface area (Å²) < 4.78 is 27.4. The van der Waals surface area contributed by atoms with Crippen LogP contribution in [0.4, 0.5) is 14.5 Å². The molecular weight excluding hydrogens is 316 g/mol. The van der Waals surface area contributed by atoms with E-state index < -0.39 is 23.2 Å². The van der Waals surface area contributed by atoms with Gasteiger partial charge in [-0.2, -0.15) is 0 Å². The van der Waals surface area contributed by atoms with Gasteiger partial charge in [0, 0.05) is 10.0 Å². The molecule has 0 heterocycles. The third kappa shape index (κ3) is 3.17. The maximum Gasteiger partial charge on any atom is 0.255 e. The first-order chi connectivity index (χ1) is 8.97. The number of carbonyl (C=O) groups is 1. The minimum atomic E-state index is -0.826. The lowest BCUT2D eigenvalue weighted by Crippen LogP contribution is -2.14. The lowest BCUT2D eigenvalue weighted by atomic mass is 10.1. The number of hydrogen-bond acceptors (Lipinski definition) is 1. The molecule has 5 heteroatoms. The van der Waals surface area contributed by atoms with Crippen LogP contribution in [-0.4, -0.2) is 5.91 Å². The molecule has 0 atom stereocenters. The van der Waals surface area contributed by atoms with Crippen molar-refractivity contribution in [2.45, 2.75) is 6.92 Å². The Hall–Kier alpha value is -1.75. The molecule has 0 spiro atoms. The van der Waals surface area contributed by atoms with Gasteiger partial charge in [-0.3, -0.25) is 4.79 Å². The van der Waals surface area contributed by atoms with Gasteiger partial charge in [-0.05, 0) is 31.2 Å². The van der Waals surface area contributed by atoms with Crippen LogP contribution in [0.2, 0.25) is 0 Å². The number of amides is 1. The molecule has 2 nitrogen and oxygen atoms in total. The van der Waals surface area contributed by atoms with E-state index in [2.05, 4.69) is 21.2 Å². The lowest BCUT2D eigenvalue weighted by molar-refractivity contribution is 0.102. The molecular formula is C14H10BrF2NO. The molecule has 1 N–H and O–H groups in total. The normalized spacial score (nSPS) is 10.3. The molecule has 0 aromatic heterocycles. The smallest absolute Gasteiger partial charge is 0.255 e. The molecule has 2 aromatic rings. The first kappa shape index (κ1) is 13.7. The Kier molecular flexibility index (Phi) is 3.95. The fourth-order valence-corrected chi connectivity index (χ4v) is 2.04. The highest BCUT2D eigenvalue weighted by Gasteiger charge is 2.14. The third-order valence-electron chi connectivity index (χ3n) is 2.53. The molecule has 1 amide bonds. The van der Waals surface area contributed by atoms with Gasteiger partial charge in [-0.1, -0.05) is 33.6 Å². The van der Waals surface area contributed by atoms with Gasteiger partial charge in [0.1, 0.15) is 5.69 Å². The Bertz CT molecular complexity index is 620. The molecule has 0 saturated heterocycles. The summed E-state index contributed by atoms with van der Waals surface area (Å²) in [5.74, 6) is -2.20. The Labute approximate surface area is 117 Å². The summed E-state index contributed by atoms with van der Waals surface area (Å²) in [5, 5.41) is 2.24. The van der Waals surface area contributed by atoms with E-state index in [-0.39, 0.29) is 4.47 Å². The van der Waals surface area contributed by atoms with Crippen molar-refractivity contribution in [2.75, 3.05) is 5.32 Å². The van der Waals surface area contributed by atoms with Gasteiger partial charge in [-0.15, -0.1) is 0 Å². The van der Waals surface area contributed by atoms with E-state index in [1.54, 1.807) is 18.2 Å². The minimum absolute atomic E-state index is 0.274. The van der Waals surface area contributed by atoms with E-state index in [4.69, 9.17) is 0 Å². The van der Waals surface area contributed by atoms with E-state index in [1.807, 2.05) is 13.0 Å². The van der Waals surface area contributed by atoms with E-state index in [0.29, 0.717) is 5.56 Å². The summed E-state index contributed by atoms with van der Waals surface area (Å²) >= 11 is 2.98. The number of anilines is 1. The predicted octanol–water partition coefficient (Wildman–Crippen LogP) is 4.29. The number of benzene rings is 2. The van der Waals surface area contributed by atoms with Crippen LogP contribution in [-0.2, 0) is 0 Å². The van der Waals surface area contributed by atoms with Crippen molar-refractivity contribution in [2.24, 2.45) is 0 Å². The van der Waals surface area contributed by atoms with Crippen LogP contribution in [0.3, 0.4) is 0 Å².